The summed E-state index contributed by atoms with van der Waals surface area (Å²) < 4.78 is 0. The summed E-state index contributed by atoms with van der Waals surface area (Å²) in [4.78, 5) is 16.3. The molecule has 1 saturated heterocycles. The van der Waals surface area contributed by atoms with E-state index in [0.717, 1.165) is 11.1 Å². The average molecular weight is 378 g/mol. The fourth-order valence-corrected chi connectivity index (χ4v) is 2.86. The Bertz CT molecular complexity index is 797. The maximum Gasteiger partial charge on any atom is 0.258 e. The molecule has 0 spiro atoms. The Kier molecular flexibility index (Phi) is 5.65. The molecule has 2 atom stereocenters. The molecule has 8 heteroatoms. The van der Waals surface area contributed by atoms with Gasteiger partial charge in [0.15, 0.2) is 0 Å². The molecule has 3 N–H and O–H groups in total. The van der Waals surface area contributed by atoms with Crippen molar-refractivity contribution in [3.8, 4) is 0 Å². The summed E-state index contributed by atoms with van der Waals surface area (Å²) in [5, 5.41) is 5.14. The van der Waals surface area contributed by atoms with Gasteiger partial charge in [-0.05, 0) is 43.2 Å². The van der Waals surface area contributed by atoms with E-state index in [1.165, 1.54) is 0 Å². The van der Waals surface area contributed by atoms with Crippen molar-refractivity contribution in [1.29, 1.82) is 0 Å². The van der Waals surface area contributed by atoms with Gasteiger partial charge in [0.2, 0.25) is 0 Å². The van der Waals surface area contributed by atoms with Gasteiger partial charge < -0.3 is 0 Å². The van der Waals surface area contributed by atoms with Crippen molar-refractivity contribution in [1.82, 2.24) is 21.3 Å². The third-order valence-corrected chi connectivity index (χ3v) is 4.74. The summed E-state index contributed by atoms with van der Waals surface area (Å²) >= 11 is 12.0. The number of nitrogens with one attached hydrogen (secondary N) is 3. The van der Waals surface area contributed by atoms with E-state index in [1.807, 2.05) is 25.1 Å². The van der Waals surface area contributed by atoms with Crippen LogP contribution in [0.5, 0.6) is 0 Å². The van der Waals surface area contributed by atoms with Gasteiger partial charge >= 0.3 is 0 Å². The highest BCUT2D eigenvalue weighted by Crippen LogP contribution is 2.28. The lowest BCUT2D eigenvalue weighted by atomic mass is 10.0. The van der Waals surface area contributed by atoms with Crippen molar-refractivity contribution in [3.05, 3.63) is 63.9 Å². The average Bonchev–Trinajstić information content (AvgIpc) is 3.12. The lowest BCUT2D eigenvalue weighted by Crippen LogP contribution is -2.41. The van der Waals surface area contributed by atoms with Gasteiger partial charge in [-0.3, -0.25) is 9.78 Å². The zero-order chi connectivity index (χ0) is 17.8. The molecule has 1 aromatic heterocycles. The van der Waals surface area contributed by atoms with Gasteiger partial charge in [0.1, 0.15) is 6.04 Å². The minimum atomic E-state index is -0.395. The van der Waals surface area contributed by atoms with E-state index < -0.39 is 6.04 Å². The normalized spacial score (nSPS) is 20.5. The van der Waals surface area contributed by atoms with Crippen LogP contribution in [0.3, 0.4) is 0 Å². The molecule has 1 aliphatic heterocycles. The first-order valence-electron chi connectivity index (χ1n) is 7.75. The Labute approximate surface area is 155 Å². The molecule has 6 nitrogen and oxygen atoms in total. The van der Waals surface area contributed by atoms with Crippen LogP contribution < -0.4 is 16.3 Å². The number of benzene rings is 1. The number of rotatable bonds is 4. The van der Waals surface area contributed by atoms with E-state index >= 15 is 0 Å². The molecule has 0 saturated carbocycles. The molecule has 0 radical (unpaired) electrons. The Morgan fingerprint density at radius 1 is 1.20 bits per heavy atom. The van der Waals surface area contributed by atoms with Gasteiger partial charge in [-0.25, -0.2) is 16.3 Å². The van der Waals surface area contributed by atoms with Crippen LogP contribution in [0.15, 0.2) is 47.8 Å². The van der Waals surface area contributed by atoms with Crippen molar-refractivity contribution < 1.29 is 4.79 Å². The number of hydrogen-bond acceptors (Lipinski definition) is 5. The molecule has 25 heavy (non-hydrogen) atoms. The first-order valence-corrected chi connectivity index (χ1v) is 8.50. The van der Waals surface area contributed by atoms with E-state index in [-0.39, 0.29) is 11.9 Å². The van der Waals surface area contributed by atoms with Crippen LogP contribution in [-0.4, -0.2) is 22.6 Å². The smallest absolute Gasteiger partial charge is 0.258 e. The summed E-state index contributed by atoms with van der Waals surface area (Å²) in [6.45, 7) is 1.83. The Hall–Kier alpha value is -1.99. The standard InChI is InChI=1S/C17H17Cl2N5O/c1-10(11-4-6-20-7-5-11)21-24-17(25)16-9-15(22-23-16)12-2-3-13(18)14(19)8-12/h2-8,15-16,22-23H,9H2,1H3,(H,24,25)/b21-10+. The highest BCUT2D eigenvalue weighted by molar-refractivity contribution is 6.42. The summed E-state index contributed by atoms with van der Waals surface area (Å²) in [5.41, 5.74) is 11.3. The Balaban J connectivity index is 1.60. The zero-order valence-electron chi connectivity index (χ0n) is 13.5. The van der Waals surface area contributed by atoms with E-state index in [2.05, 4.69) is 26.4 Å². The van der Waals surface area contributed by atoms with Gasteiger partial charge in [-0.15, -0.1) is 0 Å². The third kappa shape index (κ3) is 4.35. The molecular weight excluding hydrogens is 361 g/mol. The first-order chi connectivity index (χ1) is 12.0. The van der Waals surface area contributed by atoms with Crippen LogP contribution in [0, 0.1) is 0 Å². The summed E-state index contributed by atoms with van der Waals surface area (Å²) in [5.74, 6) is -0.205. The number of hydrogen-bond donors (Lipinski definition) is 3. The van der Waals surface area contributed by atoms with E-state index in [1.54, 1.807) is 24.5 Å². The maximum absolute atomic E-state index is 12.3. The molecule has 130 valence electrons. The quantitative estimate of drug-likeness (QED) is 0.565. The minimum absolute atomic E-state index is 0.0317. The summed E-state index contributed by atoms with van der Waals surface area (Å²) in [6.07, 6.45) is 3.94. The minimum Gasteiger partial charge on any atom is -0.271 e. The second kappa shape index (κ2) is 7.93. The number of halogens is 2. The molecule has 2 unspecified atom stereocenters. The van der Waals surface area contributed by atoms with E-state index in [9.17, 15) is 4.79 Å². The number of amides is 1. The van der Waals surface area contributed by atoms with Gasteiger partial charge in [0.25, 0.3) is 5.91 Å². The SMILES string of the molecule is C/C(=N\NC(=O)C1CC(c2ccc(Cl)c(Cl)c2)NN1)c1ccncc1. The van der Waals surface area contributed by atoms with Crippen LogP contribution in [0.4, 0.5) is 0 Å². The van der Waals surface area contributed by atoms with E-state index in [0.29, 0.717) is 22.2 Å². The second-order valence-corrected chi connectivity index (χ2v) is 6.53. The number of nitrogens with zero attached hydrogens (tertiary/aromatic N) is 2. The lowest BCUT2D eigenvalue weighted by Gasteiger charge is -2.10. The van der Waals surface area contributed by atoms with Crippen LogP contribution in [0.25, 0.3) is 0 Å². The fourth-order valence-electron chi connectivity index (χ4n) is 2.55. The van der Waals surface area contributed by atoms with Crippen LogP contribution >= 0.6 is 23.2 Å². The van der Waals surface area contributed by atoms with Gasteiger partial charge in [-0.2, -0.15) is 5.10 Å². The van der Waals surface area contributed by atoms with Gasteiger partial charge in [0, 0.05) is 24.0 Å². The molecule has 2 aromatic rings. The van der Waals surface area contributed by atoms with Crippen LogP contribution in [0.1, 0.15) is 30.5 Å². The number of carbonyl (C=O) groups is 1. The molecule has 1 aromatic carbocycles. The molecule has 2 heterocycles. The molecule has 0 aliphatic carbocycles. The van der Waals surface area contributed by atoms with Gasteiger partial charge in [0.05, 0.1) is 15.8 Å². The molecule has 1 fully saturated rings. The van der Waals surface area contributed by atoms with E-state index in [4.69, 9.17) is 23.2 Å². The topological polar surface area (TPSA) is 78.4 Å². The zero-order valence-corrected chi connectivity index (χ0v) is 15.0. The number of hydrazine groups is 1. The molecule has 0 bridgehead atoms. The molecular formula is C17H17Cl2N5O. The van der Waals surface area contributed by atoms with Gasteiger partial charge in [-0.1, -0.05) is 29.3 Å². The summed E-state index contributed by atoms with van der Waals surface area (Å²) in [7, 11) is 0. The number of pyridine rings is 1. The van der Waals surface area contributed by atoms with Crippen molar-refractivity contribution in [2.24, 2.45) is 5.10 Å². The maximum atomic E-state index is 12.3. The summed E-state index contributed by atoms with van der Waals surface area (Å²) in [6, 6.07) is 8.68. The number of aromatic nitrogens is 1. The van der Waals surface area contributed by atoms with Crippen LogP contribution in [-0.2, 0) is 4.79 Å². The predicted molar refractivity (Wildman–Crippen MR) is 98.5 cm³/mol. The third-order valence-electron chi connectivity index (χ3n) is 4.00. The lowest BCUT2D eigenvalue weighted by molar-refractivity contribution is -0.122. The van der Waals surface area contributed by atoms with Crippen molar-refractivity contribution in [2.75, 3.05) is 0 Å². The monoisotopic (exact) mass is 377 g/mol. The largest absolute Gasteiger partial charge is 0.271 e. The Morgan fingerprint density at radius 2 is 1.96 bits per heavy atom. The fraction of sp³-hybridized carbons (Fsp3) is 0.235. The molecule has 1 aliphatic rings. The highest BCUT2D eigenvalue weighted by Gasteiger charge is 2.30. The van der Waals surface area contributed by atoms with Crippen LogP contribution in [0.2, 0.25) is 10.0 Å². The van der Waals surface area contributed by atoms with Crippen molar-refractivity contribution in [3.63, 3.8) is 0 Å². The first kappa shape index (κ1) is 17.8. The van der Waals surface area contributed by atoms with Crippen molar-refractivity contribution >= 4 is 34.8 Å². The number of hydrazone groups is 1. The highest BCUT2D eigenvalue weighted by atomic mass is 35.5. The molecule has 1 amide bonds. The molecule has 3 rings (SSSR count). The second-order valence-electron chi connectivity index (χ2n) is 5.71. The number of carbonyl (C=O) groups excluding carboxylic acids is 1. The Morgan fingerprint density at radius 3 is 2.68 bits per heavy atom. The van der Waals surface area contributed by atoms with Crippen molar-refractivity contribution in [2.45, 2.75) is 25.4 Å². The predicted octanol–water partition coefficient (Wildman–Crippen LogP) is 2.84.